The number of hydrogen-bond donors (Lipinski definition) is 0. The lowest BCUT2D eigenvalue weighted by Gasteiger charge is -2.20. The lowest BCUT2D eigenvalue weighted by Crippen LogP contribution is -2.26. The zero-order valence-electron chi connectivity index (χ0n) is 11.2. The van der Waals surface area contributed by atoms with Gasteiger partial charge in [0.25, 0.3) is 10.1 Å². The fourth-order valence-electron chi connectivity index (χ4n) is 1.97. The predicted molar refractivity (Wildman–Crippen MR) is 74.8 cm³/mol. The maximum atomic E-state index is 12.1. The number of nitrogens with zero attached hydrogens (tertiary/aromatic N) is 3. The highest BCUT2D eigenvalue weighted by Crippen LogP contribution is 2.29. The molecule has 1 atom stereocenters. The van der Waals surface area contributed by atoms with Crippen molar-refractivity contribution in [3.8, 4) is 0 Å². The summed E-state index contributed by atoms with van der Waals surface area (Å²) in [7, 11) is -3.77. The van der Waals surface area contributed by atoms with E-state index in [1.54, 1.807) is 25.2 Å². The highest BCUT2D eigenvalue weighted by molar-refractivity contribution is 7.87. The first-order chi connectivity index (χ1) is 9.95. The third-order valence-electron chi connectivity index (χ3n) is 2.87. The molecule has 0 saturated heterocycles. The smallest absolute Gasteiger partial charge is 0.390 e. The van der Waals surface area contributed by atoms with E-state index in [0.29, 0.717) is 11.1 Å². The van der Waals surface area contributed by atoms with Crippen LogP contribution in [0.1, 0.15) is 18.9 Å². The Morgan fingerprint density at radius 1 is 1.43 bits per heavy atom. The van der Waals surface area contributed by atoms with E-state index >= 15 is 0 Å². The minimum absolute atomic E-state index is 0.0482. The molecule has 21 heavy (non-hydrogen) atoms. The summed E-state index contributed by atoms with van der Waals surface area (Å²) in [6, 6.07) is 0. The molecule has 1 unspecified atom stereocenters. The summed E-state index contributed by atoms with van der Waals surface area (Å²) in [6.45, 7) is 1.64. The van der Waals surface area contributed by atoms with Crippen LogP contribution in [-0.4, -0.2) is 35.2 Å². The van der Waals surface area contributed by atoms with Crippen molar-refractivity contribution in [1.29, 1.82) is 0 Å². The molecule has 0 amide bonds. The minimum Gasteiger partial charge on any atom is -0.390 e. The topological polar surface area (TPSA) is 112 Å². The predicted octanol–water partition coefficient (Wildman–Crippen LogP) is 1.46. The van der Waals surface area contributed by atoms with Gasteiger partial charge in [-0.1, -0.05) is 28.2 Å². The SMILES string of the molecule is CCOS(=O)(=O)C1CC=CC=C1c1cnc([N+](=O)[O-])nc1. The summed E-state index contributed by atoms with van der Waals surface area (Å²) in [5.41, 5.74) is 0.874. The highest BCUT2D eigenvalue weighted by Gasteiger charge is 2.32. The van der Waals surface area contributed by atoms with Crippen molar-refractivity contribution in [2.24, 2.45) is 0 Å². The monoisotopic (exact) mass is 311 g/mol. The Hall–Kier alpha value is -2.13. The van der Waals surface area contributed by atoms with E-state index in [9.17, 15) is 18.5 Å². The van der Waals surface area contributed by atoms with Gasteiger partial charge in [-0.15, -0.1) is 0 Å². The van der Waals surface area contributed by atoms with Gasteiger partial charge in [0.15, 0.2) is 0 Å². The molecule has 0 N–H and O–H groups in total. The molecule has 9 heteroatoms. The molecule has 0 bridgehead atoms. The van der Waals surface area contributed by atoms with Crippen LogP contribution in [0.5, 0.6) is 0 Å². The first-order valence-electron chi connectivity index (χ1n) is 6.17. The van der Waals surface area contributed by atoms with Crippen LogP contribution in [-0.2, 0) is 14.3 Å². The highest BCUT2D eigenvalue weighted by atomic mass is 32.2. The molecule has 1 aliphatic carbocycles. The Kier molecular flexibility index (Phi) is 4.43. The third kappa shape index (κ3) is 3.31. The molecule has 1 aliphatic rings. The van der Waals surface area contributed by atoms with Gasteiger partial charge in [-0.05, 0) is 23.8 Å². The van der Waals surface area contributed by atoms with Gasteiger partial charge in [0, 0.05) is 5.56 Å². The largest absolute Gasteiger partial charge is 0.468 e. The molecule has 1 heterocycles. The van der Waals surface area contributed by atoms with Crippen molar-refractivity contribution in [3.63, 3.8) is 0 Å². The van der Waals surface area contributed by atoms with Crippen LogP contribution < -0.4 is 0 Å². The lowest BCUT2D eigenvalue weighted by molar-refractivity contribution is -0.394. The minimum atomic E-state index is -3.77. The van der Waals surface area contributed by atoms with Crippen molar-refractivity contribution in [1.82, 2.24) is 9.97 Å². The molecule has 1 aromatic heterocycles. The van der Waals surface area contributed by atoms with Crippen molar-refractivity contribution in [2.75, 3.05) is 6.61 Å². The van der Waals surface area contributed by atoms with Crippen LogP contribution in [0.4, 0.5) is 5.95 Å². The van der Waals surface area contributed by atoms with E-state index in [1.165, 1.54) is 12.4 Å². The molecular formula is C12H13N3O5S. The second-order valence-electron chi connectivity index (χ2n) is 4.20. The molecule has 8 nitrogen and oxygen atoms in total. The van der Waals surface area contributed by atoms with E-state index in [4.69, 9.17) is 4.18 Å². The van der Waals surface area contributed by atoms with E-state index < -0.39 is 26.2 Å². The van der Waals surface area contributed by atoms with E-state index in [0.717, 1.165) is 0 Å². The lowest BCUT2D eigenvalue weighted by atomic mass is 9.99. The van der Waals surface area contributed by atoms with Gasteiger partial charge in [-0.2, -0.15) is 8.42 Å². The Bertz CT molecular complexity index is 694. The zero-order chi connectivity index (χ0) is 15.5. The number of hydrogen-bond acceptors (Lipinski definition) is 7. The molecule has 0 fully saturated rings. The van der Waals surface area contributed by atoms with Gasteiger partial charge in [0.2, 0.25) is 0 Å². The molecule has 0 aromatic carbocycles. The number of rotatable bonds is 5. The maximum Gasteiger partial charge on any atom is 0.468 e. The van der Waals surface area contributed by atoms with Gasteiger partial charge < -0.3 is 10.1 Å². The fraction of sp³-hybridized carbons (Fsp3) is 0.333. The van der Waals surface area contributed by atoms with Crippen molar-refractivity contribution >= 4 is 21.6 Å². The first kappa shape index (κ1) is 15.3. The molecule has 0 aliphatic heterocycles. The van der Waals surface area contributed by atoms with Crippen LogP contribution in [0, 0.1) is 10.1 Å². The second-order valence-corrected chi connectivity index (χ2v) is 5.99. The summed E-state index contributed by atoms with van der Waals surface area (Å²) in [5.74, 6) is -0.532. The summed E-state index contributed by atoms with van der Waals surface area (Å²) in [6.07, 6.45) is 7.81. The zero-order valence-corrected chi connectivity index (χ0v) is 12.0. The molecule has 112 valence electrons. The van der Waals surface area contributed by atoms with E-state index in [2.05, 4.69) is 9.97 Å². The summed E-state index contributed by atoms with van der Waals surface area (Å²) in [4.78, 5) is 17.0. The first-order valence-corrected chi connectivity index (χ1v) is 7.64. The Morgan fingerprint density at radius 2 is 2.10 bits per heavy atom. The van der Waals surface area contributed by atoms with Gasteiger partial charge in [-0.3, -0.25) is 4.18 Å². The van der Waals surface area contributed by atoms with Crippen LogP contribution in [0.25, 0.3) is 5.57 Å². The standard InChI is InChI=1S/C12H13N3O5S/c1-2-20-21(18,19)11-6-4-3-5-10(11)9-7-13-12(14-8-9)15(16)17/h3-5,7-8,11H,2,6H2,1H3. The Balaban J connectivity index is 2.37. The maximum absolute atomic E-state index is 12.1. The Morgan fingerprint density at radius 3 is 2.67 bits per heavy atom. The fourth-order valence-corrected chi connectivity index (χ4v) is 3.34. The van der Waals surface area contributed by atoms with E-state index in [1.807, 2.05) is 0 Å². The number of nitro groups is 1. The summed E-state index contributed by atoms with van der Waals surface area (Å²) in [5, 5.41) is 9.67. The summed E-state index contributed by atoms with van der Waals surface area (Å²) < 4.78 is 29.0. The molecule has 0 radical (unpaired) electrons. The second kappa shape index (κ2) is 6.10. The average Bonchev–Trinajstić information content (AvgIpc) is 2.47. The average molecular weight is 311 g/mol. The molecule has 0 spiro atoms. The number of allylic oxidation sites excluding steroid dienone is 3. The number of aromatic nitrogens is 2. The molecule has 2 rings (SSSR count). The van der Waals surface area contributed by atoms with Crippen LogP contribution in [0.2, 0.25) is 0 Å². The third-order valence-corrected chi connectivity index (χ3v) is 4.58. The van der Waals surface area contributed by atoms with Crippen molar-refractivity contribution < 1.29 is 17.5 Å². The molecule has 1 aromatic rings. The van der Waals surface area contributed by atoms with Gasteiger partial charge in [0.05, 0.1) is 6.61 Å². The van der Waals surface area contributed by atoms with Crippen molar-refractivity contribution in [2.45, 2.75) is 18.6 Å². The Labute approximate surface area is 121 Å². The quantitative estimate of drug-likeness (QED) is 0.459. The normalized spacial score (nSPS) is 18.3. The van der Waals surface area contributed by atoms with E-state index in [-0.39, 0.29) is 13.0 Å². The van der Waals surface area contributed by atoms with Gasteiger partial charge in [0.1, 0.15) is 17.6 Å². The van der Waals surface area contributed by atoms with Gasteiger partial charge in [-0.25, -0.2) is 0 Å². The van der Waals surface area contributed by atoms with Crippen LogP contribution >= 0.6 is 0 Å². The van der Waals surface area contributed by atoms with Crippen LogP contribution in [0.3, 0.4) is 0 Å². The molecule has 0 saturated carbocycles. The molecular weight excluding hydrogens is 298 g/mol. The van der Waals surface area contributed by atoms with Gasteiger partial charge >= 0.3 is 5.95 Å². The summed E-state index contributed by atoms with van der Waals surface area (Å²) >= 11 is 0. The van der Waals surface area contributed by atoms with Crippen molar-refractivity contribution in [3.05, 3.63) is 46.3 Å². The van der Waals surface area contributed by atoms with Crippen LogP contribution in [0.15, 0.2) is 30.6 Å².